The lowest BCUT2D eigenvalue weighted by Gasteiger charge is -2.13. The van der Waals surface area contributed by atoms with Crippen molar-refractivity contribution in [3.8, 4) is 11.3 Å². The van der Waals surface area contributed by atoms with E-state index in [0.717, 1.165) is 12.1 Å². The number of pyridine rings is 1. The van der Waals surface area contributed by atoms with Crippen molar-refractivity contribution in [2.45, 2.75) is 25.9 Å². The maximum absolute atomic E-state index is 14.1. The first kappa shape index (κ1) is 24.9. The number of aryl methyl sites for hydroxylation is 1. The van der Waals surface area contributed by atoms with Crippen molar-refractivity contribution < 1.29 is 36.2 Å². The summed E-state index contributed by atoms with van der Waals surface area (Å²) in [6.45, 7) is 1.24. The van der Waals surface area contributed by atoms with E-state index in [9.17, 15) is 31.1 Å². The molecule has 0 atom stereocenters. The number of rotatable bonds is 6. The predicted octanol–water partition coefficient (Wildman–Crippen LogP) is 6.20. The van der Waals surface area contributed by atoms with Crippen LogP contribution in [-0.2, 0) is 17.4 Å². The maximum atomic E-state index is 14.1. The Morgan fingerprint density at radius 3 is 2.31 bits per heavy atom. The van der Waals surface area contributed by atoms with Gasteiger partial charge in [-0.1, -0.05) is 6.07 Å². The van der Waals surface area contributed by atoms with E-state index >= 15 is 0 Å². The Morgan fingerprint density at radius 1 is 0.972 bits per heavy atom. The summed E-state index contributed by atoms with van der Waals surface area (Å²) in [5.41, 5.74) is -0.497. The average Bonchev–Trinajstić information content (AvgIpc) is 2.83. The molecule has 186 valence electrons. The molecule has 36 heavy (non-hydrogen) atoms. The van der Waals surface area contributed by atoms with Crippen LogP contribution >= 0.6 is 0 Å². The number of carboxylic acids is 1. The number of anilines is 2. The fourth-order valence-electron chi connectivity index (χ4n) is 3.50. The molecule has 0 spiro atoms. The van der Waals surface area contributed by atoms with E-state index in [1.165, 1.54) is 37.3 Å². The molecule has 12 heteroatoms. The minimum Gasteiger partial charge on any atom is -0.481 e. The first-order chi connectivity index (χ1) is 16.9. The Morgan fingerprint density at radius 2 is 1.67 bits per heavy atom. The number of fused-ring (bicyclic) bond motifs is 1. The van der Waals surface area contributed by atoms with Crippen molar-refractivity contribution in [1.82, 2.24) is 15.0 Å². The van der Waals surface area contributed by atoms with E-state index in [0.29, 0.717) is 5.39 Å². The summed E-state index contributed by atoms with van der Waals surface area (Å²) in [5.74, 6) is -5.50. The van der Waals surface area contributed by atoms with Gasteiger partial charge in [0, 0.05) is 28.6 Å². The first-order valence-electron chi connectivity index (χ1n) is 10.4. The van der Waals surface area contributed by atoms with Crippen LogP contribution < -0.4 is 5.32 Å². The van der Waals surface area contributed by atoms with Crippen molar-refractivity contribution in [1.29, 1.82) is 0 Å². The second-order valence-corrected chi connectivity index (χ2v) is 7.82. The van der Waals surface area contributed by atoms with Gasteiger partial charge in [-0.05, 0) is 43.3 Å². The Kier molecular flexibility index (Phi) is 6.53. The van der Waals surface area contributed by atoms with Gasteiger partial charge in [-0.25, -0.2) is 19.3 Å². The molecule has 4 rings (SSSR count). The molecule has 0 radical (unpaired) electrons. The third kappa shape index (κ3) is 5.07. The molecular weight excluding hydrogens is 490 g/mol. The summed E-state index contributed by atoms with van der Waals surface area (Å²) in [4.78, 5) is 23.1. The van der Waals surface area contributed by atoms with E-state index in [1.54, 1.807) is 0 Å². The lowest BCUT2D eigenvalue weighted by molar-refractivity contribution is -0.138. The van der Waals surface area contributed by atoms with E-state index in [4.69, 9.17) is 5.11 Å². The molecule has 0 aliphatic rings. The molecule has 2 heterocycles. The smallest absolute Gasteiger partial charge is 0.416 e. The van der Waals surface area contributed by atoms with Crippen molar-refractivity contribution in [2.75, 3.05) is 5.32 Å². The summed E-state index contributed by atoms with van der Waals surface area (Å²) >= 11 is 0. The monoisotopic (exact) mass is 506 g/mol. The highest BCUT2D eigenvalue weighted by atomic mass is 19.4. The summed E-state index contributed by atoms with van der Waals surface area (Å²) in [7, 11) is 0. The van der Waals surface area contributed by atoms with Gasteiger partial charge < -0.3 is 10.4 Å². The minimum absolute atomic E-state index is 0.0612. The number of hydrogen-bond acceptors (Lipinski definition) is 5. The molecule has 2 aromatic carbocycles. The van der Waals surface area contributed by atoms with Gasteiger partial charge in [0.1, 0.15) is 11.6 Å². The Bertz CT molecular complexity index is 1470. The van der Waals surface area contributed by atoms with Gasteiger partial charge in [0.05, 0.1) is 23.2 Å². The number of benzene rings is 2. The highest BCUT2D eigenvalue weighted by molar-refractivity contribution is 5.93. The number of aliphatic carboxylic acids is 1. The second-order valence-electron chi connectivity index (χ2n) is 7.82. The van der Waals surface area contributed by atoms with Crippen molar-refractivity contribution in [3.05, 3.63) is 77.0 Å². The summed E-state index contributed by atoms with van der Waals surface area (Å²) in [6.07, 6.45) is -4.86. The quantitative estimate of drug-likeness (QED) is 0.239. The predicted molar refractivity (Wildman–Crippen MR) is 118 cm³/mol. The Hall–Kier alpha value is -4.22. The van der Waals surface area contributed by atoms with Gasteiger partial charge in [0.25, 0.3) is 5.95 Å². The largest absolute Gasteiger partial charge is 0.481 e. The number of aromatic nitrogens is 3. The van der Waals surface area contributed by atoms with Gasteiger partial charge >= 0.3 is 12.1 Å². The third-order valence-electron chi connectivity index (χ3n) is 5.32. The minimum atomic E-state index is -4.51. The van der Waals surface area contributed by atoms with Crippen LogP contribution in [0.4, 0.5) is 37.8 Å². The number of carbonyl (C=O) groups is 1. The number of halogens is 6. The van der Waals surface area contributed by atoms with Crippen molar-refractivity contribution in [3.63, 3.8) is 0 Å². The van der Waals surface area contributed by atoms with Crippen LogP contribution in [0.3, 0.4) is 0 Å². The lowest BCUT2D eigenvalue weighted by atomic mass is 10.0. The van der Waals surface area contributed by atoms with Gasteiger partial charge in [-0.2, -0.15) is 22.0 Å². The molecule has 0 saturated carbocycles. The van der Waals surface area contributed by atoms with Crippen LogP contribution in [0.1, 0.15) is 23.4 Å². The molecule has 0 fully saturated rings. The molecule has 2 N–H and O–H groups in total. The number of alkyl halides is 3. The maximum Gasteiger partial charge on any atom is 0.416 e. The van der Waals surface area contributed by atoms with Crippen molar-refractivity contribution >= 4 is 28.4 Å². The first-order valence-corrected chi connectivity index (χ1v) is 10.4. The van der Waals surface area contributed by atoms with Gasteiger partial charge in [-0.3, -0.25) is 4.79 Å². The molecule has 0 saturated heterocycles. The third-order valence-corrected chi connectivity index (χ3v) is 5.32. The number of carboxylic acid groups (broad SMARTS) is 1. The zero-order valence-corrected chi connectivity index (χ0v) is 18.4. The summed E-state index contributed by atoms with van der Waals surface area (Å²) in [5, 5.41) is 12.3. The zero-order chi connectivity index (χ0) is 26.2. The topological polar surface area (TPSA) is 88.0 Å². The summed E-state index contributed by atoms with van der Waals surface area (Å²) < 4.78 is 80.0. The molecule has 0 bridgehead atoms. The second kappa shape index (κ2) is 9.44. The van der Waals surface area contributed by atoms with E-state index in [1.807, 2.05) is 0 Å². The fraction of sp³-hybridized carbons (Fsp3) is 0.167. The van der Waals surface area contributed by atoms with Crippen LogP contribution in [0.25, 0.3) is 22.2 Å². The average molecular weight is 506 g/mol. The zero-order valence-electron chi connectivity index (χ0n) is 18.4. The van der Waals surface area contributed by atoms with E-state index in [2.05, 4.69) is 20.3 Å². The molecule has 0 aliphatic heterocycles. The lowest BCUT2D eigenvalue weighted by Crippen LogP contribution is -2.06. The molecule has 2 aromatic heterocycles. The molecular formula is C24H16F6N4O2. The molecule has 0 amide bonds. The SMILES string of the molecule is Cc1c(-c2ccc3c(Nc4ccc(C(F)(F)F)cc4)nc(CCC(=O)O)nc3c2)nc(F)c(F)c1F. The Labute approximate surface area is 199 Å². The highest BCUT2D eigenvalue weighted by Gasteiger charge is 2.30. The molecule has 4 aromatic rings. The normalized spacial score (nSPS) is 11.6. The summed E-state index contributed by atoms with van der Waals surface area (Å²) in [6, 6.07) is 8.57. The standard InChI is InChI=1S/C24H16F6N4O2/c1-11-19(25)20(26)22(27)34-21(11)12-2-7-15-16(10-12)32-17(8-9-18(35)36)33-23(15)31-14-5-3-13(4-6-14)24(28,29)30/h2-7,10H,8-9H2,1H3,(H,35,36)(H,31,32,33). The van der Waals surface area contributed by atoms with Crippen LogP contribution in [-0.4, -0.2) is 26.0 Å². The molecule has 0 aliphatic carbocycles. The number of nitrogens with one attached hydrogen (secondary N) is 1. The van der Waals surface area contributed by atoms with Gasteiger partial charge in [-0.15, -0.1) is 0 Å². The van der Waals surface area contributed by atoms with Gasteiger partial charge in [0.2, 0.25) is 5.82 Å². The molecule has 6 nitrogen and oxygen atoms in total. The van der Waals surface area contributed by atoms with Crippen LogP contribution in [0, 0.1) is 24.5 Å². The van der Waals surface area contributed by atoms with Crippen molar-refractivity contribution in [2.24, 2.45) is 0 Å². The Balaban J connectivity index is 1.80. The number of hydrogen-bond donors (Lipinski definition) is 2. The van der Waals surface area contributed by atoms with Crippen LogP contribution in [0.5, 0.6) is 0 Å². The van der Waals surface area contributed by atoms with Crippen LogP contribution in [0.15, 0.2) is 42.5 Å². The fourth-order valence-corrected chi connectivity index (χ4v) is 3.50. The van der Waals surface area contributed by atoms with E-state index in [-0.39, 0.29) is 52.5 Å². The molecule has 0 unspecified atom stereocenters. The highest BCUT2D eigenvalue weighted by Crippen LogP contribution is 2.33. The van der Waals surface area contributed by atoms with E-state index < -0.39 is 35.3 Å². The van der Waals surface area contributed by atoms with Crippen LogP contribution in [0.2, 0.25) is 0 Å². The number of nitrogens with zero attached hydrogens (tertiary/aromatic N) is 3. The van der Waals surface area contributed by atoms with Gasteiger partial charge in [0.15, 0.2) is 5.82 Å².